The van der Waals surface area contributed by atoms with Gasteiger partial charge < -0.3 is 9.47 Å². The Bertz CT molecular complexity index is 562. The third-order valence-electron chi connectivity index (χ3n) is 2.88. The third-order valence-corrected chi connectivity index (χ3v) is 2.88. The van der Waals surface area contributed by atoms with Gasteiger partial charge >= 0.3 is 0 Å². The van der Waals surface area contributed by atoms with Gasteiger partial charge in [0, 0.05) is 25.8 Å². The van der Waals surface area contributed by atoms with Crippen molar-refractivity contribution in [2.75, 3.05) is 14.2 Å². The fourth-order valence-corrected chi connectivity index (χ4v) is 1.75. The molecule has 4 heteroatoms. The summed E-state index contributed by atoms with van der Waals surface area (Å²) in [5.41, 5.74) is 2.96. The van der Waals surface area contributed by atoms with Gasteiger partial charge in [-0.15, -0.1) is 0 Å². The second-order valence-corrected chi connectivity index (χ2v) is 4.12. The van der Waals surface area contributed by atoms with Crippen LogP contribution in [0.15, 0.2) is 53.5 Å². The number of hydrogen-bond acceptors (Lipinski definition) is 3. The number of benzene rings is 2. The van der Waals surface area contributed by atoms with Crippen molar-refractivity contribution in [3.8, 4) is 11.5 Å². The van der Waals surface area contributed by atoms with Crippen molar-refractivity contribution in [1.29, 1.82) is 0 Å². The second kappa shape index (κ2) is 7.83. The van der Waals surface area contributed by atoms with Crippen molar-refractivity contribution in [2.45, 2.75) is 6.92 Å². The van der Waals surface area contributed by atoms with Crippen LogP contribution in [0.25, 0.3) is 0 Å². The third kappa shape index (κ3) is 4.19. The van der Waals surface area contributed by atoms with Gasteiger partial charge in [-0.05, 0) is 61.0 Å². The van der Waals surface area contributed by atoms with Crippen LogP contribution in [0.4, 0.5) is 5.69 Å². The van der Waals surface area contributed by atoms with Gasteiger partial charge in [-0.25, -0.2) is 0 Å². The second-order valence-electron chi connectivity index (χ2n) is 4.12. The van der Waals surface area contributed by atoms with E-state index >= 15 is 0 Å². The molecule has 0 amide bonds. The molecule has 0 spiro atoms. The van der Waals surface area contributed by atoms with Crippen molar-refractivity contribution >= 4 is 11.4 Å². The van der Waals surface area contributed by atoms with Crippen LogP contribution in [0.5, 0.6) is 11.5 Å². The summed E-state index contributed by atoms with van der Waals surface area (Å²) in [6, 6.07) is 15.5. The minimum absolute atomic E-state index is 0. The minimum Gasteiger partial charge on any atom is -0.497 e. The van der Waals surface area contributed by atoms with Gasteiger partial charge in [-0.3, -0.25) is 4.99 Å². The van der Waals surface area contributed by atoms with E-state index in [0.29, 0.717) is 0 Å². The summed E-state index contributed by atoms with van der Waals surface area (Å²) < 4.78 is 10.3. The smallest absolute Gasteiger partial charge is 0.119 e. The van der Waals surface area contributed by atoms with Gasteiger partial charge in [0.1, 0.15) is 11.5 Å². The Hall–Kier alpha value is -1.64. The Balaban J connectivity index is 0.00000200. The molecule has 0 aliphatic heterocycles. The first-order valence-electron chi connectivity index (χ1n) is 6.06. The summed E-state index contributed by atoms with van der Waals surface area (Å²) in [6.45, 7) is 1.99. The van der Waals surface area contributed by atoms with Gasteiger partial charge in [0.25, 0.3) is 0 Å². The number of hydrogen-bond donors (Lipinski definition) is 0. The van der Waals surface area contributed by atoms with E-state index in [2.05, 4.69) is 4.99 Å². The molecule has 2 aromatic rings. The maximum atomic E-state index is 5.14. The summed E-state index contributed by atoms with van der Waals surface area (Å²) >= 11 is 0. The monoisotopic (exact) mass is 448 g/mol. The SMILES string of the molecule is COc1ccc(/N=C(\C)c2ccc(OC)cc2)cc1.[Ir]. The molecule has 20 heavy (non-hydrogen) atoms. The Morgan fingerprint density at radius 2 is 1.25 bits per heavy atom. The van der Waals surface area contributed by atoms with Crippen LogP contribution in [0.1, 0.15) is 12.5 Å². The number of nitrogens with zero attached hydrogens (tertiary/aromatic N) is 1. The molecule has 3 nitrogen and oxygen atoms in total. The molecule has 0 unspecified atom stereocenters. The molecule has 0 fully saturated rings. The van der Waals surface area contributed by atoms with Crippen molar-refractivity contribution in [2.24, 2.45) is 4.99 Å². The van der Waals surface area contributed by atoms with Gasteiger partial charge in [-0.2, -0.15) is 0 Å². The molecule has 0 N–H and O–H groups in total. The maximum absolute atomic E-state index is 5.14. The van der Waals surface area contributed by atoms with Crippen LogP contribution >= 0.6 is 0 Å². The Labute approximate surface area is 133 Å². The zero-order valence-electron chi connectivity index (χ0n) is 11.7. The number of rotatable bonds is 4. The number of ether oxygens (including phenoxy) is 2. The van der Waals surface area contributed by atoms with Crippen molar-refractivity contribution in [3.05, 3.63) is 54.1 Å². The Morgan fingerprint density at radius 1 is 0.800 bits per heavy atom. The topological polar surface area (TPSA) is 30.8 Å². The molecule has 0 saturated carbocycles. The number of aliphatic imine (C=N–C) groups is 1. The first-order valence-corrected chi connectivity index (χ1v) is 6.06. The quantitative estimate of drug-likeness (QED) is 0.667. The van der Waals surface area contributed by atoms with E-state index in [1.807, 2.05) is 55.5 Å². The van der Waals surface area contributed by atoms with Gasteiger partial charge in [0.05, 0.1) is 19.9 Å². The zero-order valence-corrected chi connectivity index (χ0v) is 14.1. The molecule has 0 aromatic heterocycles. The van der Waals surface area contributed by atoms with Crippen LogP contribution < -0.4 is 9.47 Å². The first kappa shape index (κ1) is 16.4. The van der Waals surface area contributed by atoms with E-state index in [1.54, 1.807) is 14.2 Å². The van der Waals surface area contributed by atoms with E-state index in [-0.39, 0.29) is 20.1 Å². The largest absolute Gasteiger partial charge is 0.497 e. The van der Waals surface area contributed by atoms with Crippen molar-refractivity contribution in [3.63, 3.8) is 0 Å². The van der Waals surface area contributed by atoms with Crippen molar-refractivity contribution in [1.82, 2.24) is 0 Å². The van der Waals surface area contributed by atoms with E-state index in [0.717, 1.165) is 28.5 Å². The molecule has 0 bridgehead atoms. The zero-order chi connectivity index (χ0) is 13.7. The fourth-order valence-electron chi connectivity index (χ4n) is 1.75. The molecular weight excluding hydrogens is 430 g/mol. The maximum Gasteiger partial charge on any atom is 0.119 e. The predicted octanol–water partition coefficient (Wildman–Crippen LogP) is 3.84. The molecule has 0 aliphatic rings. The molecule has 2 aromatic carbocycles. The van der Waals surface area contributed by atoms with E-state index in [1.165, 1.54) is 0 Å². The summed E-state index contributed by atoms with van der Waals surface area (Å²) in [4.78, 5) is 4.58. The van der Waals surface area contributed by atoms with Gasteiger partial charge in [0.15, 0.2) is 0 Å². The van der Waals surface area contributed by atoms with Crippen LogP contribution in [0.2, 0.25) is 0 Å². The summed E-state index contributed by atoms with van der Waals surface area (Å²) in [5, 5.41) is 0. The molecule has 0 saturated heterocycles. The average molecular weight is 448 g/mol. The van der Waals surface area contributed by atoms with Crippen molar-refractivity contribution < 1.29 is 29.6 Å². The van der Waals surface area contributed by atoms with Gasteiger partial charge in [0.2, 0.25) is 0 Å². The molecular formula is C16H17IrNO2. The average Bonchev–Trinajstić information content (AvgIpc) is 2.48. The molecule has 0 heterocycles. The molecule has 2 rings (SSSR count). The standard InChI is InChI=1S/C16H17NO2.Ir/c1-12(13-4-8-15(18-2)9-5-13)17-14-6-10-16(19-3)11-7-14;/h4-11H,1-3H3;/b17-12+;. The van der Waals surface area contributed by atoms with Crippen LogP contribution in [-0.2, 0) is 20.1 Å². The minimum atomic E-state index is 0. The van der Waals surface area contributed by atoms with Gasteiger partial charge in [-0.1, -0.05) is 0 Å². The van der Waals surface area contributed by atoms with Crippen LogP contribution in [0, 0.1) is 0 Å². The van der Waals surface area contributed by atoms with E-state index in [9.17, 15) is 0 Å². The Morgan fingerprint density at radius 3 is 1.70 bits per heavy atom. The normalized spacial score (nSPS) is 10.7. The predicted molar refractivity (Wildman–Crippen MR) is 77.9 cm³/mol. The Kier molecular flexibility index (Phi) is 6.43. The molecule has 0 aliphatic carbocycles. The van der Waals surface area contributed by atoms with Crippen LogP contribution in [0.3, 0.4) is 0 Å². The molecule has 0 atom stereocenters. The van der Waals surface area contributed by atoms with E-state index < -0.39 is 0 Å². The molecule has 1 radical (unpaired) electrons. The number of methoxy groups -OCH3 is 2. The van der Waals surface area contributed by atoms with E-state index in [4.69, 9.17) is 9.47 Å². The van der Waals surface area contributed by atoms with Crippen LogP contribution in [-0.4, -0.2) is 19.9 Å². The summed E-state index contributed by atoms with van der Waals surface area (Å²) in [6.07, 6.45) is 0. The fraction of sp³-hybridized carbons (Fsp3) is 0.188. The first-order chi connectivity index (χ1) is 9.22. The molecule has 107 valence electrons. The summed E-state index contributed by atoms with van der Waals surface area (Å²) in [7, 11) is 3.31. The summed E-state index contributed by atoms with van der Waals surface area (Å²) in [5.74, 6) is 1.68.